The van der Waals surface area contributed by atoms with Gasteiger partial charge in [0.1, 0.15) is 24.6 Å². The smallest absolute Gasteiger partial charge is 0.254 e. The summed E-state index contributed by atoms with van der Waals surface area (Å²) in [5, 5.41) is 1.03. The number of para-hydroxylation sites is 1. The van der Waals surface area contributed by atoms with Gasteiger partial charge in [0.15, 0.2) is 11.5 Å². The fourth-order valence-electron chi connectivity index (χ4n) is 2.96. The maximum atomic E-state index is 12.8. The van der Waals surface area contributed by atoms with E-state index in [2.05, 4.69) is 0 Å². The third kappa shape index (κ3) is 2.82. The Morgan fingerprint density at radius 1 is 1.04 bits per heavy atom. The molecule has 0 fully saturated rings. The number of furan rings is 1. The van der Waals surface area contributed by atoms with Crippen LogP contribution in [-0.2, 0) is 0 Å². The molecule has 4 rings (SSSR count). The average molecular weight is 337 g/mol. The first kappa shape index (κ1) is 15.6. The van der Waals surface area contributed by atoms with Crippen LogP contribution >= 0.6 is 0 Å². The maximum absolute atomic E-state index is 12.8. The Labute approximate surface area is 145 Å². The summed E-state index contributed by atoms with van der Waals surface area (Å²) >= 11 is 0. The monoisotopic (exact) mass is 337 g/mol. The number of ether oxygens (including phenoxy) is 2. The van der Waals surface area contributed by atoms with Crippen molar-refractivity contribution in [1.29, 1.82) is 0 Å². The third-order valence-corrected chi connectivity index (χ3v) is 4.55. The second-order valence-corrected chi connectivity index (χ2v) is 6.14. The molecule has 2 aromatic carbocycles. The van der Waals surface area contributed by atoms with E-state index in [0.29, 0.717) is 30.3 Å². The number of rotatable bonds is 3. The molecule has 2 heterocycles. The van der Waals surface area contributed by atoms with Gasteiger partial charge in [0.05, 0.1) is 6.04 Å². The highest BCUT2D eigenvalue weighted by atomic mass is 16.6. The molecule has 0 saturated heterocycles. The van der Waals surface area contributed by atoms with Gasteiger partial charge >= 0.3 is 0 Å². The van der Waals surface area contributed by atoms with Crippen LogP contribution in [0.2, 0.25) is 0 Å². The van der Waals surface area contributed by atoms with Crippen LogP contribution in [0.25, 0.3) is 11.0 Å². The quantitative estimate of drug-likeness (QED) is 0.724. The number of benzene rings is 2. The molecule has 1 aromatic heterocycles. The van der Waals surface area contributed by atoms with Gasteiger partial charge in [0, 0.05) is 18.0 Å². The van der Waals surface area contributed by atoms with E-state index >= 15 is 0 Å². The van der Waals surface area contributed by atoms with Gasteiger partial charge in [0.2, 0.25) is 0 Å². The summed E-state index contributed by atoms with van der Waals surface area (Å²) in [6, 6.07) is 14.9. The Balaban J connectivity index is 1.58. The molecule has 128 valence electrons. The third-order valence-electron chi connectivity index (χ3n) is 4.55. The average Bonchev–Trinajstić information content (AvgIpc) is 3.10. The van der Waals surface area contributed by atoms with Gasteiger partial charge in [-0.1, -0.05) is 18.2 Å². The molecular weight excluding hydrogens is 318 g/mol. The van der Waals surface area contributed by atoms with Crippen molar-refractivity contribution >= 4 is 16.9 Å². The fraction of sp³-hybridized carbons (Fsp3) is 0.250. The lowest BCUT2D eigenvalue weighted by atomic mass is 10.1. The van der Waals surface area contributed by atoms with Gasteiger partial charge in [-0.3, -0.25) is 4.79 Å². The summed E-state index contributed by atoms with van der Waals surface area (Å²) < 4.78 is 17.0. The first-order chi connectivity index (χ1) is 12.1. The lowest BCUT2D eigenvalue weighted by molar-refractivity contribution is 0.0726. The van der Waals surface area contributed by atoms with E-state index in [1.807, 2.05) is 37.3 Å². The summed E-state index contributed by atoms with van der Waals surface area (Å²) in [5.41, 5.74) is 1.39. The van der Waals surface area contributed by atoms with Crippen LogP contribution in [0.3, 0.4) is 0 Å². The zero-order chi connectivity index (χ0) is 17.4. The van der Waals surface area contributed by atoms with Crippen LogP contribution in [0.15, 0.2) is 52.9 Å². The number of fused-ring (bicyclic) bond motifs is 2. The SMILES string of the molecule is CC(c1cc2ccccc2o1)N(C)C(=O)c1ccc2c(c1)OCCO2. The van der Waals surface area contributed by atoms with Crippen molar-refractivity contribution in [3.63, 3.8) is 0 Å². The highest BCUT2D eigenvalue weighted by Gasteiger charge is 2.23. The van der Waals surface area contributed by atoms with Crippen LogP contribution in [0.1, 0.15) is 29.1 Å². The van der Waals surface area contributed by atoms with Crippen molar-refractivity contribution in [2.45, 2.75) is 13.0 Å². The Kier molecular flexibility index (Phi) is 3.84. The lowest BCUT2D eigenvalue weighted by Gasteiger charge is -2.24. The molecule has 3 aromatic rings. The Bertz CT molecular complexity index is 897. The summed E-state index contributed by atoms with van der Waals surface area (Å²) in [4.78, 5) is 14.5. The van der Waals surface area contributed by atoms with E-state index in [1.165, 1.54) is 0 Å². The van der Waals surface area contributed by atoms with Crippen molar-refractivity contribution in [1.82, 2.24) is 4.90 Å². The number of hydrogen-bond donors (Lipinski definition) is 0. The fourth-order valence-corrected chi connectivity index (χ4v) is 2.96. The van der Waals surface area contributed by atoms with Crippen molar-refractivity contribution in [2.24, 2.45) is 0 Å². The second kappa shape index (κ2) is 6.16. The highest BCUT2D eigenvalue weighted by molar-refractivity contribution is 5.95. The predicted molar refractivity (Wildman–Crippen MR) is 94.2 cm³/mol. The van der Waals surface area contributed by atoms with Crippen molar-refractivity contribution in [3.05, 3.63) is 59.9 Å². The van der Waals surface area contributed by atoms with Gasteiger partial charge in [-0.15, -0.1) is 0 Å². The second-order valence-electron chi connectivity index (χ2n) is 6.14. The minimum Gasteiger partial charge on any atom is -0.486 e. The van der Waals surface area contributed by atoms with Crippen LogP contribution in [0.5, 0.6) is 11.5 Å². The van der Waals surface area contributed by atoms with E-state index in [4.69, 9.17) is 13.9 Å². The topological polar surface area (TPSA) is 51.9 Å². The van der Waals surface area contributed by atoms with Crippen molar-refractivity contribution in [3.8, 4) is 11.5 Å². The molecule has 0 radical (unpaired) electrons. The zero-order valence-electron chi connectivity index (χ0n) is 14.2. The number of amides is 1. The summed E-state index contributed by atoms with van der Waals surface area (Å²) in [5.74, 6) is 1.96. The maximum Gasteiger partial charge on any atom is 0.254 e. The van der Waals surface area contributed by atoms with Crippen LogP contribution in [-0.4, -0.2) is 31.1 Å². The van der Waals surface area contributed by atoms with Crippen molar-refractivity contribution in [2.75, 3.05) is 20.3 Å². The normalized spacial score (nSPS) is 14.3. The largest absolute Gasteiger partial charge is 0.486 e. The summed E-state index contributed by atoms with van der Waals surface area (Å²) in [7, 11) is 1.77. The standard InChI is InChI=1S/C20H19NO4/c1-13(18-11-14-5-3-4-6-16(14)25-18)21(2)20(22)15-7-8-17-19(12-15)24-10-9-23-17/h3-8,11-13H,9-10H2,1-2H3. The van der Waals surface area contributed by atoms with Gasteiger partial charge in [-0.2, -0.15) is 0 Å². The Morgan fingerprint density at radius 3 is 2.60 bits per heavy atom. The molecule has 1 unspecified atom stereocenters. The lowest BCUT2D eigenvalue weighted by Crippen LogP contribution is -2.29. The molecule has 0 bridgehead atoms. The molecule has 0 aliphatic carbocycles. The number of nitrogens with zero attached hydrogens (tertiary/aromatic N) is 1. The molecule has 1 atom stereocenters. The number of carbonyl (C=O) groups is 1. The van der Waals surface area contributed by atoms with Crippen LogP contribution in [0.4, 0.5) is 0 Å². The predicted octanol–water partition coefficient (Wildman–Crippen LogP) is 4.04. The van der Waals surface area contributed by atoms with Crippen LogP contribution < -0.4 is 9.47 Å². The first-order valence-electron chi connectivity index (χ1n) is 8.29. The summed E-state index contributed by atoms with van der Waals surface area (Å²) in [6.45, 7) is 2.98. The van der Waals surface area contributed by atoms with Gasteiger partial charge in [-0.05, 0) is 37.3 Å². The summed E-state index contributed by atoms with van der Waals surface area (Å²) in [6.07, 6.45) is 0. The van der Waals surface area contributed by atoms with Crippen LogP contribution in [0, 0.1) is 0 Å². The van der Waals surface area contributed by atoms with E-state index in [1.54, 1.807) is 30.1 Å². The molecule has 0 spiro atoms. The molecule has 1 amide bonds. The first-order valence-corrected chi connectivity index (χ1v) is 8.29. The Hall–Kier alpha value is -2.95. The van der Waals surface area contributed by atoms with E-state index < -0.39 is 0 Å². The van der Waals surface area contributed by atoms with E-state index in [0.717, 1.165) is 16.7 Å². The molecule has 1 aliphatic heterocycles. The Morgan fingerprint density at radius 2 is 1.80 bits per heavy atom. The molecule has 1 aliphatic rings. The van der Waals surface area contributed by atoms with E-state index in [-0.39, 0.29) is 11.9 Å². The highest BCUT2D eigenvalue weighted by Crippen LogP contribution is 2.32. The van der Waals surface area contributed by atoms with Gasteiger partial charge < -0.3 is 18.8 Å². The van der Waals surface area contributed by atoms with Crippen molar-refractivity contribution < 1.29 is 18.7 Å². The molecule has 25 heavy (non-hydrogen) atoms. The molecule has 0 N–H and O–H groups in total. The molecular formula is C20H19NO4. The zero-order valence-corrected chi connectivity index (χ0v) is 14.2. The molecule has 0 saturated carbocycles. The number of carbonyl (C=O) groups excluding carboxylic acids is 1. The minimum absolute atomic E-state index is 0.0927. The minimum atomic E-state index is -0.187. The molecule has 5 heteroatoms. The van der Waals surface area contributed by atoms with Gasteiger partial charge in [0.25, 0.3) is 5.91 Å². The molecule has 5 nitrogen and oxygen atoms in total. The number of hydrogen-bond acceptors (Lipinski definition) is 4. The van der Waals surface area contributed by atoms with E-state index in [9.17, 15) is 4.79 Å². The van der Waals surface area contributed by atoms with Gasteiger partial charge in [-0.25, -0.2) is 0 Å².